The Morgan fingerprint density at radius 2 is 1.77 bits per heavy atom. The predicted molar refractivity (Wildman–Crippen MR) is 84.5 cm³/mol. The number of sulfonamides is 1. The first kappa shape index (κ1) is 14.8. The number of benzene rings is 1. The van der Waals surface area contributed by atoms with E-state index in [0.29, 0.717) is 19.0 Å². The van der Waals surface area contributed by atoms with Crippen LogP contribution in [0.15, 0.2) is 53.6 Å². The molecule has 22 heavy (non-hydrogen) atoms. The SMILES string of the molecule is O=S(=O)(Nc1ccc(N2CCOCC2)cn1)c1ccccc1. The molecule has 7 heteroatoms. The highest BCUT2D eigenvalue weighted by atomic mass is 32.2. The van der Waals surface area contributed by atoms with Crippen molar-refractivity contribution in [3.05, 3.63) is 48.7 Å². The molecule has 6 nitrogen and oxygen atoms in total. The Kier molecular flexibility index (Phi) is 4.26. The van der Waals surface area contributed by atoms with Gasteiger partial charge in [0.1, 0.15) is 5.82 Å². The second-order valence-electron chi connectivity index (χ2n) is 4.92. The van der Waals surface area contributed by atoms with Crippen LogP contribution in [0, 0.1) is 0 Å². The van der Waals surface area contributed by atoms with Gasteiger partial charge in [0.2, 0.25) is 0 Å². The minimum Gasteiger partial charge on any atom is -0.378 e. The zero-order chi connectivity index (χ0) is 15.4. The molecule has 0 radical (unpaired) electrons. The molecule has 0 spiro atoms. The molecule has 3 rings (SSSR count). The van der Waals surface area contributed by atoms with E-state index in [2.05, 4.69) is 14.6 Å². The fourth-order valence-electron chi connectivity index (χ4n) is 2.25. The summed E-state index contributed by atoms with van der Waals surface area (Å²) in [5, 5.41) is 0. The third-order valence-corrected chi connectivity index (χ3v) is 4.79. The van der Waals surface area contributed by atoms with Gasteiger partial charge in [0, 0.05) is 13.1 Å². The van der Waals surface area contributed by atoms with Crippen molar-refractivity contribution in [2.45, 2.75) is 4.90 Å². The molecule has 0 amide bonds. The van der Waals surface area contributed by atoms with Gasteiger partial charge in [0.15, 0.2) is 0 Å². The van der Waals surface area contributed by atoms with Crippen LogP contribution in [0.3, 0.4) is 0 Å². The highest BCUT2D eigenvalue weighted by molar-refractivity contribution is 7.92. The van der Waals surface area contributed by atoms with Crippen molar-refractivity contribution in [1.29, 1.82) is 0 Å². The molecule has 0 atom stereocenters. The van der Waals surface area contributed by atoms with E-state index < -0.39 is 10.0 Å². The maximum atomic E-state index is 12.2. The van der Waals surface area contributed by atoms with E-state index >= 15 is 0 Å². The van der Waals surface area contributed by atoms with Gasteiger partial charge in [-0.15, -0.1) is 0 Å². The predicted octanol–water partition coefficient (Wildman–Crippen LogP) is 1.72. The summed E-state index contributed by atoms with van der Waals surface area (Å²) in [4.78, 5) is 6.57. The second-order valence-corrected chi connectivity index (χ2v) is 6.60. The topological polar surface area (TPSA) is 71.5 Å². The molecular weight excluding hydrogens is 302 g/mol. The second kappa shape index (κ2) is 6.33. The average Bonchev–Trinajstić information content (AvgIpc) is 2.57. The maximum absolute atomic E-state index is 12.2. The monoisotopic (exact) mass is 319 g/mol. The Hall–Kier alpha value is -2.12. The fourth-order valence-corrected chi connectivity index (χ4v) is 3.28. The summed E-state index contributed by atoms with van der Waals surface area (Å²) in [5.41, 5.74) is 0.964. The number of hydrogen-bond donors (Lipinski definition) is 1. The Bertz CT molecular complexity index is 711. The number of pyridine rings is 1. The zero-order valence-corrected chi connectivity index (χ0v) is 12.8. The first-order chi connectivity index (χ1) is 10.6. The van der Waals surface area contributed by atoms with Gasteiger partial charge in [-0.25, -0.2) is 13.4 Å². The van der Waals surface area contributed by atoms with Crippen molar-refractivity contribution >= 4 is 21.5 Å². The normalized spacial score (nSPS) is 15.5. The van der Waals surface area contributed by atoms with Crippen molar-refractivity contribution in [3.63, 3.8) is 0 Å². The lowest BCUT2D eigenvalue weighted by atomic mass is 10.3. The molecule has 1 aromatic heterocycles. The van der Waals surface area contributed by atoms with Gasteiger partial charge in [-0.3, -0.25) is 4.72 Å². The molecule has 2 heterocycles. The molecule has 0 unspecified atom stereocenters. The number of rotatable bonds is 4. The van der Waals surface area contributed by atoms with Crippen LogP contribution in [0.1, 0.15) is 0 Å². The van der Waals surface area contributed by atoms with Crippen molar-refractivity contribution in [1.82, 2.24) is 4.98 Å². The highest BCUT2D eigenvalue weighted by Gasteiger charge is 2.15. The van der Waals surface area contributed by atoms with Gasteiger partial charge >= 0.3 is 0 Å². The average molecular weight is 319 g/mol. The minimum atomic E-state index is -3.60. The molecule has 1 aliphatic heterocycles. The van der Waals surface area contributed by atoms with E-state index in [9.17, 15) is 8.42 Å². The van der Waals surface area contributed by atoms with E-state index in [1.165, 1.54) is 0 Å². The summed E-state index contributed by atoms with van der Waals surface area (Å²) < 4.78 is 32.2. The van der Waals surface area contributed by atoms with Crippen LogP contribution in [0.2, 0.25) is 0 Å². The molecular formula is C15H17N3O3S. The van der Waals surface area contributed by atoms with E-state index in [0.717, 1.165) is 18.8 Å². The van der Waals surface area contributed by atoms with Crippen molar-refractivity contribution in [2.75, 3.05) is 35.9 Å². The van der Waals surface area contributed by atoms with E-state index in [4.69, 9.17) is 4.74 Å². The molecule has 1 fully saturated rings. The first-order valence-corrected chi connectivity index (χ1v) is 8.50. The van der Waals surface area contributed by atoms with Gasteiger partial charge in [-0.2, -0.15) is 0 Å². The van der Waals surface area contributed by atoms with Gasteiger partial charge in [-0.1, -0.05) is 18.2 Å². The smallest absolute Gasteiger partial charge is 0.263 e. The Balaban J connectivity index is 1.73. The lowest BCUT2D eigenvalue weighted by molar-refractivity contribution is 0.122. The Labute approximate surface area is 129 Å². The van der Waals surface area contributed by atoms with Crippen molar-refractivity contribution in [2.24, 2.45) is 0 Å². The van der Waals surface area contributed by atoms with Gasteiger partial charge in [0.25, 0.3) is 10.0 Å². The van der Waals surface area contributed by atoms with Crippen LogP contribution < -0.4 is 9.62 Å². The number of morpholine rings is 1. The summed E-state index contributed by atoms with van der Waals surface area (Å²) in [6, 6.07) is 11.8. The summed E-state index contributed by atoms with van der Waals surface area (Å²) in [5.74, 6) is 0.306. The van der Waals surface area contributed by atoms with Gasteiger partial charge < -0.3 is 9.64 Å². The van der Waals surface area contributed by atoms with E-state index in [1.54, 1.807) is 42.6 Å². The van der Waals surface area contributed by atoms with Crippen molar-refractivity contribution in [3.8, 4) is 0 Å². The molecule has 0 aliphatic carbocycles. The molecule has 1 aromatic carbocycles. The van der Waals surface area contributed by atoms with Crippen LogP contribution in [0.5, 0.6) is 0 Å². The first-order valence-electron chi connectivity index (χ1n) is 7.02. The van der Waals surface area contributed by atoms with E-state index in [-0.39, 0.29) is 4.90 Å². The molecule has 2 aromatic rings. The Morgan fingerprint density at radius 1 is 1.05 bits per heavy atom. The lowest BCUT2D eigenvalue weighted by Gasteiger charge is -2.28. The van der Waals surface area contributed by atoms with Crippen LogP contribution in [-0.4, -0.2) is 39.7 Å². The highest BCUT2D eigenvalue weighted by Crippen LogP contribution is 2.18. The summed E-state index contributed by atoms with van der Waals surface area (Å²) >= 11 is 0. The molecule has 1 aliphatic rings. The van der Waals surface area contributed by atoms with Crippen LogP contribution >= 0.6 is 0 Å². The van der Waals surface area contributed by atoms with E-state index in [1.807, 2.05) is 6.07 Å². The third-order valence-electron chi connectivity index (χ3n) is 3.42. The molecule has 0 saturated carbocycles. The number of nitrogens with zero attached hydrogens (tertiary/aromatic N) is 2. The standard InChI is InChI=1S/C15H17N3O3S/c19-22(20,14-4-2-1-3-5-14)17-15-7-6-13(12-16-15)18-8-10-21-11-9-18/h1-7,12H,8-11H2,(H,16,17). The molecule has 116 valence electrons. The van der Waals surface area contributed by atoms with Crippen molar-refractivity contribution < 1.29 is 13.2 Å². The largest absolute Gasteiger partial charge is 0.378 e. The van der Waals surface area contributed by atoms with Gasteiger partial charge in [0.05, 0.1) is 30.0 Å². The lowest BCUT2D eigenvalue weighted by Crippen LogP contribution is -2.36. The summed E-state index contributed by atoms with van der Waals surface area (Å²) in [7, 11) is -3.60. The van der Waals surface area contributed by atoms with Gasteiger partial charge in [-0.05, 0) is 24.3 Å². The zero-order valence-electron chi connectivity index (χ0n) is 12.0. The van der Waals surface area contributed by atoms with Crippen LogP contribution in [0.25, 0.3) is 0 Å². The quantitative estimate of drug-likeness (QED) is 0.929. The minimum absolute atomic E-state index is 0.217. The van der Waals surface area contributed by atoms with Crippen LogP contribution in [0.4, 0.5) is 11.5 Å². The van der Waals surface area contributed by atoms with Crippen LogP contribution in [-0.2, 0) is 14.8 Å². The third kappa shape index (κ3) is 3.37. The number of aromatic nitrogens is 1. The Morgan fingerprint density at radius 3 is 2.41 bits per heavy atom. The molecule has 1 N–H and O–H groups in total. The molecule has 1 saturated heterocycles. The fraction of sp³-hybridized carbons (Fsp3) is 0.267. The number of nitrogens with one attached hydrogen (secondary N) is 1. The maximum Gasteiger partial charge on any atom is 0.263 e. The number of hydrogen-bond acceptors (Lipinski definition) is 5. The molecule has 0 bridgehead atoms. The summed E-state index contributed by atoms with van der Waals surface area (Å²) in [6.07, 6.45) is 1.67. The number of anilines is 2. The summed E-state index contributed by atoms with van der Waals surface area (Å²) in [6.45, 7) is 3.03. The number of ether oxygens (including phenoxy) is 1.